The number of rotatable bonds is 43. The number of carbonyl (C=O) groups is 2. The molecule has 54 heavy (non-hydrogen) atoms. The monoisotopic (exact) mass is 762 g/mol. The number of aliphatic hydroxyl groups excluding tert-OH is 2. The zero-order chi connectivity index (χ0) is 39.4. The fourth-order valence-corrected chi connectivity index (χ4v) is 7.04. The third kappa shape index (κ3) is 40.0. The van der Waals surface area contributed by atoms with Gasteiger partial charge in [-0.25, -0.2) is 0 Å². The molecule has 0 saturated heterocycles. The minimum absolute atomic E-state index is 0.0404. The Kier molecular flexibility index (Phi) is 42.7. The van der Waals surface area contributed by atoms with Crippen molar-refractivity contribution in [3.05, 3.63) is 24.3 Å². The molecule has 0 bridgehead atoms. The second-order valence-electron chi connectivity index (χ2n) is 16.1. The molecule has 0 rings (SSSR count). The van der Waals surface area contributed by atoms with Gasteiger partial charge in [0.25, 0.3) is 0 Å². The van der Waals surface area contributed by atoms with E-state index in [0.717, 1.165) is 83.5 Å². The third-order valence-electron chi connectivity index (χ3n) is 10.7. The number of nitrogens with one attached hydrogen (secondary N) is 1. The van der Waals surface area contributed by atoms with E-state index < -0.39 is 12.1 Å². The first-order valence-electron chi connectivity index (χ1n) is 23.6. The summed E-state index contributed by atoms with van der Waals surface area (Å²) in [6, 6.07) is -0.561. The molecule has 0 saturated carbocycles. The number of esters is 1. The lowest BCUT2D eigenvalue weighted by Gasteiger charge is -2.22. The summed E-state index contributed by atoms with van der Waals surface area (Å²) in [6.07, 6.45) is 49.9. The van der Waals surface area contributed by atoms with Gasteiger partial charge in [0.15, 0.2) is 0 Å². The van der Waals surface area contributed by atoms with Crippen LogP contribution in [0.3, 0.4) is 0 Å². The molecule has 0 aliphatic heterocycles. The van der Waals surface area contributed by atoms with Crippen LogP contribution in [0.15, 0.2) is 24.3 Å². The van der Waals surface area contributed by atoms with Crippen molar-refractivity contribution in [1.29, 1.82) is 0 Å². The van der Waals surface area contributed by atoms with Gasteiger partial charge in [-0.1, -0.05) is 179 Å². The minimum Gasteiger partial charge on any atom is -0.466 e. The lowest BCUT2D eigenvalue weighted by atomic mass is 10.0. The van der Waals surface area contributed by atoms with E-state index in [1.54, 1.807) is 0 Å². The van der Waals surface area contributed by atoms with Gasteiger partial charge in [0.1, 0.15) is 0 Å². The highest BCUT2D eigenvalue weighted by Crippen LogP contribution is 2.15. The molecule has 0 radical (unpaired) electrons. The Balaban J connectivity index is 3.53. The molecule has 0 spiro atoms. The van der Waals surface area contributed by atoms with Crippen LogP contribution in [0.4, 0.5) is 0 Å². The molecule has 0 heterocycles. The summed E-state index contributed by atoms with van der Waals surface area (Å²) >= 11 is 0. The van der Waals surface area contributed by atoms with Crippen LogP contribution in [0.2, 0.25) is 0 Å². The fourth-order valence-electron chi connectivity index (χ4n) is 7.04. The number of amides is 1. The number of unbranched alkanes of at least 4 members (excludes halogenated alkanes) is 28. The second kappa shape index (κ2) is 44.1. The van der Waals surface area contributed by atoms with E-state index in [9.17, 15) is 19.8 Å². The minimum atomic E-state index is -0.681. The molecule has 2 atom stereocenters. The molecule has 0 aromatic heterocycles. The maximum absolute atomic E-state index is 12.4. The Morgan fingerprint density at radius 3 is 1.31 bits per heavy atom. The van der Waals surface area contributed by atoms with Crippen molar-refractivity contribution < 1.29 is 24.5 Å². The Bertz CT molecular complexity index is 843. The molecule has 1 amide bonds. The Labute approximate surface area is 335 Å². The van der Waals surface area contributed by atoms with Crippen molar-refractivity contribution in [2.75, 3.05) is 13.2 Å². The van der Waals surface area contributed by atoms with Gasteiger partial charge in [-0.3, -0.25) is 9.59 Å². The molecule has 6 heteroatoms. The fraction of sp³-hybridized carbons (Fsp3) is 0.875. The summed E-state index contributed by atoms with van der Waals surface area (Å²) in [5, 5.41) is 23.1. The first-order chi connectivity index (χ1) is 26.5. The molecule has 0 aliphatic rings. The largest absolute Gasteiger partial charge is 0.466 e. The smallest absolute Gasteiger partial charge is 0.305 e. The quantitative estimate of drug-likeness (QED) is 0.0327. The van der Waals surface area contributed by atoms with Crippen molar-refractivity contribution in [3.63, 3.8) is 0 Å². The zero-order valence-corrected chi connectivity index (χ0v) is 36.0. The summed E-state index contributed by atoms with van der Waals surface area (Å²) in [5.41, 5.74) is 0. The number of hydrogen-bond acceptors (Lipinski definition) is 5. The molecule has 318 valence electrons. The van der Waals surface area contributed by atoms with Gasteiger partial charge in [-0.05, 0) is 77.0 Å². The molecule has 0 fully saturated rings. The van der Waals surface area contributed by atoms with Crippen molar-refractivity contribution in [3.8, 4) is 0 Å². The van der Waals surface area contributed by atoms with Crippen LogP contribution in [0.5, 0.6) is 0 Å². The second-order valence-corrected chi connectivity index (χ2v) is 16.1. The van der Waals surface area contributed by atoms with Gasteiger partial charge >= 0.3 is 5.97 Å². The number of aliphatic hydroxyl groups is 2. The predicted octanol–water partition coefficient (Wildman–Crippen LogP) is 13.6. The molecule has 2 unspecified atom stereocenters. The van der Waals surface area contributed by atoms with Gasteiger partial charge in [-0.15, -0.1) is 0 Å². The average Bonchev–Trinajstić information content (AvgIpc) is 3.17. The number of allylic oxidation sites excluding steroid dienone is 4. The van der Waals surface area contributed by atoms with Gasteiger partial charge in [-0.2, -0.15) is 0 Å². The first kappa shape index (κ1) is 52.3. The van der Waals surface area contributed by atoms with Crippen LogP contribution < -0.4 is 5.32 Å². The normalized spacial score (nSPS) is 12.9. The van der Waals surface area contributed by atoms with Crippen LogP contribution in [-0.2, 0) is 14.3 Å². The van der Waals surface area contributed by atoms with E-state index in [-0.39, 0.29) is 18.5 Å². The van der Waals surface area contributed by atoms with E-state index in [4.69, 9.17) is 4.74 Å². The predicted molar refractivity (Wildman–Crippen MR) is 232 cm³/mol. The highest BCUT2D eigenvalue weighted by Gasteiger charge is 2.20. The molecule has 0 aliphatic carbocycles. The standard InChI is InChI=1S/C48H91NO5/c1-3-5-7-9-11-13-15-17-18-22-26-30-34-38-42-48(53)54-43-39-35-31-27-23-19-21-25-29-33-37-41-47(52)49-45(44-50)46(51)40-36-32-28-24-20-16-14-12-10-8-6-4-2/h15,17,23,27,45-46,50-51H,3-14,16,18-22,24-26,28-44H2,1-2H3,(H,49,52)/b17-15-,27-23-. The van der Waals surface area contributed by atoms with Crippen LogP contribution >= 0.6 is 0 Å². The zero-order valence-electron chi connectivity index (χ0n) is 36.0. The van der Waals surface area contributed by atoms with Gasteiger partial charge in [0, 0.05) is 12.8 Å². The topological polar surface area (TPSA) is 95.9 Å². The van der Waals surface area contributed by atoms with Crippen molar-refractivity contribution in [2.24, 2.45) is 0 Å². The van der Waals surface area contributed by atoms with Crippen molar-refractivity contribution >= 4 is 11.9 Å². The number of hydrogen-bond donors (Lipinski definition) is 3. The maximum Gasteiger partial charge on any atom is 0.305 e. The summed E-state index contributed by atoms with van der Waals surface area (Å²) in [6.45, 7) is 4.84. The Morgan fingerprint density at radius 2 is 0.870 bits per heavy atom. The number of ether oxygens (including phenoxy) is 1. The molecule has 3 N–H and O–H groups in total. The lowest BCUT2D eigenvalue weighted by molar-refractivity contribution is -0.143. The molecule has 0 aromatic carbocycles. The Hall–Kier alpha value is -1.66. The lowest BCUT2D eigenvalue weighted by Crippen LogP contribution is -2.45. The molecular formula is C48H91NO5. The summed E-state index contributed by atoms with van der Waals surface area (Å²) in [4.78, 5) is 24.4. The van der Waals surface area contributed by atoms with Crippen LogP contribution in [0, 0.1) is 0 Å². The summed E-state index contributed by atoms with van der Waals surface area (Å²) in [5.74, 6) is -0.106. The van der Waals surface area contributed by atoms with Gasteiger partial charge < -0.3 is 20.3 Å². The third-order valence-corrected chi connectivity index (χ3v) is 10.7. The number of carbonyl (C=O) groups excluding carboxylic acids is 2. The van der Waals surface area contributed by atoms with Crippen LogP contribution in [0.25, 0.3) is 0 Å². The average molecular weight is 762 g/mol. The van der Waals surface area contributed by atoms with Crippen molar-refractivity contribution in [2.45, 2.75) is 257 Å². The molecule has 6 nitrogen and oxygen atoms in total. The van der Waals surface area contributed by atoms with E-state index in [0.29, 0.717) is 25.9 Å². The summed E-state index contributed by atoms with van der Waals surface area (Å²) < 4.78 is 5.42. The van der Waals surface area contributed by atoms with E-state index in [1.807, 2.05) is 0 Å². The van der Waals surface area contributed by atoms with E-state index >= 15 is 0 Å². The van der Waals surface area contributed by atoms with E-state index in [2.05, 4.69) is 43.5 Å². The Morgan fingerprint density at radius 1 is 0.500 bits per heavy atom. The SMILES string of the molecule is CCCCCCC/C=C\CCCCCCCC(=O)OCCCC/C=C\CCCCCCCC(=O)NC(CO)C(O)CCCCCCCCCCCCCC. The summed E-state index contributed by atoms with van der Waals surface area (Å²) in [7, 11) is 0. The van der Waals surface area contributed by atoms with Crippen molar-refractivity contribution in [1.82, 2.24) is 5.32 Å². The van der Waals surface area contributed by atoms with Gasteiger partial charge in [0.05, 0.1) is 25.4 Å². The maximum atomic E-state index is 12.4. The van der Waals surface area contributed by atoms with Gasteiger partial charge in [0.2, 0.25) is 5.91 Å². The molecular weight excluding hydrogens is 671 g/mol. The highest BCUT2D eigenvalue weighted by molar-refractivity contribution is 5.76. The van der Waals surface area contributed by atoms with Crippen LogP contribution in [-0.4, -0.2) is 47.4 Å². The molecule has 0 aromatic rings. The highest BCUT2D eigenvalue weighted by atomic mass is 16.5. The van der Waals surface area contributed by atoms with Crippen LogP contribution in [0.1, 0.15) is 245 Å². The first-order valence-corrected chi connectivity index (χ1v) is 23.6. The van der Waals surface area contributed by atoms with E-state index in [1.165, 1.54) is 128 Å².